The fraction of sp³-hybridized carbons (Fsp3) is 0.412. The molecular weight excluding hydrogens is 308 g/mol. The zero-order valence-electron chi connectivity index (χ0n) is 13.3. The van der Waals surface area contributed by atoms with E-state index in [1.807, 2.05) is 0 Å². The van der Waals surface area contributed by atoms with Gasteiger partial charge >= 0.3 is 5.69 Å². The number of carbonyl (C=O) groups excluding carboxylic acids is 1. The summed E-state index contributed by atoms with van der Waals surface area (Å²) < 4.78 is 0. The highest BCUT2D eigenvalue weighted by atomic mass is 16.6. The summed E-state index contributed by atoms with van der Waals surface area (Å²) >= 11 is 0. The van der Waals surface area contributed by atoms with Crippen molar-refractivity contribution in [2.75, 3.05) is 6.54 Å². The van der Waals surface area contributed by atoms with Crippen molar-refractivity contribution in [3.8, 4) is 0 Å². The number of aryl methyl sites for hydroxylation is 2. The molecule has 2 atom stereocenters. The molecule has 1 aromatic heterocycles. The highest BCUT2D eigenvalue weighted by molar-refractivity contribution is 5.96. The summed E-state index contributed by atoms with van der Waals surface area (Å²) in [5.74, 6) is -0.0939. The molecule has 24 heavy (non-hydrogen) atoms. The van der Waals surface area contributed by atoms with Gasteiger partial charge in [-0.3, -0.25) is 20.0 Å². The van der Waals surface area contributed by atoms with E-state index in [-0.39, 0.29) is 22.5 Å². The van der Waals surface area contributed by atoms with Crippen LogP contribution in [0.15, 0.2) is 24.3 Å². The van der Waals surface area contributed by atoms with Gasteiger partial charge in [-0.2, -0.15) is 5.10 Å². The quantitative estimate of drug-likeness (QED) is 0.664. The molecule has 7 heteroatoms. The van der Waals surface area contributed by atoms with Gasteiger partial charge in [0.1, 0.15) is 5.69 Å². The Labute approximate surface area is 138 Å². The van der Waals surface area contributed by atoms with Crippen LogP contribution in [-0.2, 0) is 11.8 Å². The van der Waals surface area contributed by atoms with E-state index in [9.17, 15) is 14.9 Å². The van der Waals surface area contributed by atoms with Crippen LogP contribution in [0, 0.1) is 23.0 Å². The summed E-state index contributed by atoms with van der Waals surface area (Å²) in [5, 5.41) is 20.2. The fourth-order valence-corrected chi connectivity index (χ4v) is 4.11. The first-order chi connectivity index (χ1) is 11.5. The molecule has 2 N–H and O–H groups in total. The molecular formula is C17H18N4O3. The maximum atomic E-state index is 12.3. The van der Waals surface area contributed by atoms with Crippen molar-refractivity contribution in [2.24, 2.45) is 5.92 Å². The van der Waals surface area contributed by atoms with Crippen LogP contribution in [-0.4, -0.2) is 27.6 Å². The van der Waals surface area contributed by atoms with E-state index in [2.05, 4.69) is 39.8 Å². The minimum absolute atomic E-state index is 0.140. The number of nitrogens with zero attached hydrogens (tertiary/aromatic N) is 2. The molecule has 2 aliphatic carbocycles. The van der Waals surface area contributed by atoms with Gasteiger partial charge < -0.3 is 5.32 Å². The Morgan fingerprint density at radius 3 is 3.08 bits per heavy atom. The van der Waals surface area contributed by atoms with Gasteiger partial charge in [-0.05, 0) is 43.2 Å². The molecule has 1 saturated carbocycles. The number of aromatic nitrogens is 2. The highest BCUT2D eigenvalue weighted by Gasteiger charge is 2.57. The van der Waals surface area contributed by atoms with Crippen LogP contribution < -0.4 is 5.32 Å². The van der Waals surface area contributed by atoms with Gasteiger partial charge in [0.05, 0.1) is 4.92 Å². The molecule has 1 amide bonds. The lowest BCUT2D eigenvalue weighted by Crippen LogP contribution is -2.28. The molecule has 1 spiro atoms. The summed E-state index contributed by atoms with van der Waals surface area (Å²) in [7, 11) is 0. The van der Waals surface area contributed by atoms with E-state index < -0.39 is 10.8 Å². The average molecular weight is 326 g/mol. The number of aromatic amines is 1. The third kappa shape index (κ3) is 2.11. The molecule has 2 aliphatic rings. The van der Waals surface area contributed by atoms with Crippen LogP contribution in [0.25, 0.3) is 0 Å². The van der Waals surface area contributed by atoms with E-state index in [4.69, 9.17) is 0 Å². The average Bonchev–Trinajstić information content (AvgIpc) is 2.92. The first-order valence-electron chi connectivity index (χ1n) is 8.09. The second kappa shape index (κ2) is 5.15. The summed E-state index contributed by atoms with van der Waals surface area (Å²) in [4.78, 5) is 22.8. The van der Waals surface area contributed by atoms with E-state index in [1.54, 1.807) is 0 Å². The predicted octanol–water partition coefficient (Wildman–Crippen LogP) is 2.26. The van der Waals surface area contributed by atoms with Crippen LogP contribution in [0.2, 0.25) is 0 Å². The molecule has 4 rings (SSSR count). The van der Waals surface area contributed by atoms with Crippen molar-refractivity contribution in [1.29, 1.82) is 0 Å². The van der Waals surface area contributed by atoms with Gasteiger partial charge in [-0.1, -0.05) is 24.3 Å². The number of fused-ring (bicyclic) bond motifs is 2. The van der Waals surface area contributed by atoms with E-state index in [0.717, 1.165) is 19.3 Å². The van der Waals surface area contributed by atoms with Crippen molar-refractivity contribution < 1.29 is 9.72 Å². The number of carbonyl (C=O) groups is 1. The van der Waals surface area contributed by atoms with Crippen molar-refractivity contribution >= 4 is 11.6 Å². The maximum Gasteiger partial charge on any atom is 0.322 e. The Morgan fingerprint density at radius 1 is 1.50 bits per heavy atom. The number of benzene rings is 1. The molecule has 0 saturated heterocycles. The number of rotatable bonds is 4. The second-order valence-corrected chi connectivity index (χ2v) is 6.73. The largest absolute Gasteiger partial charge is 0.350 e. The summed E-state index contributed by atoms with van der Waals surface area (Å²) in [5.41, 5.74) is 2.91. The normalized spacial score (nSPS) is 24.0. The summed E-state index contributed by atoms with van der Waals surface area (Å²) in [6, 6.07) is 8.49. The zero-order valence-corrected chi connectivity index (χ0v) is 13.3. The monoisotopic (exact) mass is 326 g/mol. The van der Waals surface area contributed by atoms with E-state index in [1.165, 1.54) is 18.1 Å². The summed E-state index contributed by atoms with van der Waals surface area (Å²) in [6.45, 7) is 2.06. The number of hydrogen-bond donors (Lipinski definition) is 2. The topological polar surface area (TPSA) is 101 Å². The molecule has 0 bridgehead atoms. The van der Waals surface area contributed by atoms with Crippen LogP contribution >= 0.6 is 0 Å². The number of nitro groups is 1. The van der Waals surface area contributed by atoms with Crippen molar-refractivity contribution in [1.82, 2.24) is 15.5 Å². The minimum Gasteiger partial charge on any atom is -0.350 e. The van der Waals surface area contributed by atoms with Gasteiger partial charge in [0.15, 0.2) is 0 Å². The zero-order chi connectivity index (χ0) is 16.9. The van der Waals surface area contributed by atoms with Crippen molar-refractivity contribution in [3.05, 3.63) is 56.9 Å². The Hall–Kier alpha value is -2.70. The first kappa shape index (κ1) is 14.9. The van der Waals surface area contributed by atoms with Crippen molar-refractivity contribution in [2.45, 2.75) is 31.6 Å². The number of H-pyrrole nitrogens is 1. The third-order valence-corrected chi connectivity index (χ3v) is 5.45. The standard InChI is InChI=1S/C17H18N4O3/c1-10-15(21(23)24)14(20-19-10)16(22)18-9-12-8-17(12)7-6-11-4-2-3-5-13(11)17/h2-5,12H,6-9H2,1H3,(H,18,22)(H,19,20)/t12-,17+/m1/s1. The molecule has 1 heterocycles. The van der Waals surface area contributed by atoms with Gasteiger partial charge in [0, 0.05) is 12.0 Å². The van der Waals surface area contributed by atoms with Gasteiger partial charge in [0.25, 0.3) is 5.91 Å². The smallest absolute Gasteiger partial charge is 0.322 e. The van der Waals surface area contributed by atoms with Gasteiger partial charge in [-0.25, -0.2) is 0 Å². The molecule has 1 fully saturated rings. The Morgan fingerprint density at radius 2 is 2.29 bits per heavy atom. The lowest BCUT2D eigenvalue weighted by Gasteiger charge is -2.11. The Bertz CT molecular complexity index is 844. The predicted molar refractivity (Wildman–Crippen MR) is 86.9 cm³/mol. The molecule has 0 radical (unpaired) electrons. The molecule has 124 valence electrons. The maximum absolute atomic E-state index is 12.3. The molecule has 2 aromatic rings. The van der Waals surface area contributed by atoms with E-state index >= 15 is 0 Å². The molecule has 0 unspecified atom stereocenters. The SMILES string of the molecule is Cc1[nH]nc(C(=O)NC[C@H]2C[C@@]23CCc2ccccc23)c1[N+](=O)[O-]. The molecule has 0 aliphatic heterocycles. The van der Waals surface area contributed by atoms with Crippen molar-refractivity contribution in [3.63, 3.8) is 0 Å². The van der Waals surface area contributed by atoms with Crippen LogP contribution in [0.3, 0.4) is 0 Å². The summed E-state index contributed by atoms with van der Waals surface area (Å²) in [6.07, 6.45) is 3.27. The van der Waals surface area contributed by atoms with E-state index in [0.29, 0.717) is 12.5 Å². The second-order valence-electron chi connectivity index (χ2n) is 6.73. The lowest BCUT2D eigenvalue weighted by atomic mass is 9.95. The number of nitrogens with one attached hydrogen (secondary N) is 2. The van der Waals surface area contributed by atoms with Crippen LogP contribution in [0.1, 0.15) is 40.2 Å². The first-order valence-corrected chi connectivity index (χ1v) is 8.09. The van der Waals surface area contributed by atoms with Gasteiger partial charge in [-0.15, -0.1) is 0 Å². The van der Waals surface area contributed by atoms with Crippen LogP contribution in [0.5, 0.6) is 0 Å². The fourth-order valence-electron chi connectivity index (χ4n) is 4.11. The lowest BCUT2D eigenvalue weighted by molar-refractivity contribution is -0.385. The van der Waals surface area contributed by atoms with Crippen LogP contribution in [0.4, 0.5) is 5.69 Å². The molecule has 7 nitrogen and oxygen atoms in total. The Balaban J connectivity index is 1.45. The Kier molecular flexibility index (Phi) is 3.19. The third-order valence-electron chi connectivity index (χ3n) is 5.45. The minimum atomic E-state index is -0.570. The molecule has 1 aromatic carbocycles. The number of hydrogen-bond acceptors (Lipinski definition) is 4. The number of amides is 1. The highest BCUT2D eigenvalue weighted by Crippen LogP contribution is 2.61. The van der Waals surface area contributed by atoms with Gasteiger partial charge in [0.2, 0.25) is 5.69 Å².